The monoisotopic (exact) mass is 234 g/mol. The molecular formula is C13H18N2O2. The fraction of sp³-hybridized carbons (Fsp3) is 0.462. The second-order valence-corrected chi connectivity index (χ2v) is 4.46. The van der Waals surface area contributed by atoms with Crippen LogP contribution in [0.15, 0.2) is 24.3 Å². The van der Waals surface area contributed by atoms with Crippen molar-refractivity contribution >= 4 is 5.91 Å². The number of carbonyl (C=O) groups is 1. The van der Waals surface area contributed by atoms with E-state index < -0.39 is 0 Å². The van der Waals surface area contributed by atoms with E-state index >= 15 is 0 Å². The topological polar surface area (TPSA) is 52.6 Å². The maximum absolute atomic E-state index is 12.2. The number of amides is 1. The van der Waals surface area contributed by atoms with Crippen molar-refractivity contribution in [2.75, 3.05) is 20.1 Å². The van der Waals surface area contributed by atoms with E-state index in [0.29, 0.717) is 5.56 Å². The zero-order chi connectivity index (χ0) is 12.3. The van der Waals surface area contributed by atoms with Crippen molar-refractivity contribution in [2.24, 2.45) is 0 Å². The van der Waals surface area contributed by atoms with Crippen molar-refractivity contribution in [3.8, 4) is 5.75 Å². The standard InChI is InChI=1S/C13H18N2O2/c1-15(11-3-2-8-14-9-11)13(17)10-4-6-12(16)7-5-10/h4-7,11,14,16H,2-3,8-9H2,1H3/t11-/m0/s1. The van der Waals surface area contributed by atoms with Gasteiger partial charge in [0, 0.05) is 25.2 Å². The number of phenols is 1. The van der Waals surface area contributed by atoms with E-state index in [-0.39, 0.29) is 17.7 Å². The molecule has 2 rings (SSSR count). The van der Waals surface area contributed by atoms with Gasteiger partial charge in [-0.25, -0.2) is 0 Å². The van der Waals surface area contributed by atoms with Gasteiger partial charge in [-0.15, -0.1) is 0 Å². The Morgan fingerprint density at radius 1 is 1.41 bits per heavy atom. The van der Waals surface area contributed by atoms with Crippen LogP contribution in [0.4, 0.5) is 0 Å². The van der Waals surface area contributed by atoms with Crippen LogP contribution in [-0.2, 0) is 0 Å². The number of likely N-dealkylation sites (N-methyl/N-ethyl adjacent to an activating group) is 1. The first-order valence-electron chi connectivity index (χ1n) is 5.95. The molecule has 0 radical (unpaired) electrons. The predicted octanol–water partition coefficient (Wildman–Crippen LogP) is 1.22. The molecule has 1 fully saturated rings. The molecule has 2 N–H and O–H groups in total. The van der Waals surface area contributed by atoms with Gasteiger partial charge in [0.2, 0.25) is 0 Å². The third-order valence-corrected chi connectivity index (χ3v) is 3.25. The summed E-state index contributed by atoms with van der Waals surface area (Å²) >= 11 is 0. The minimum absolute atomic E-state index is 0.0127. The SMILES string of the molecule is CN(C(=O)c1ccc(O)cc1)[C@H]1CCCNC1. The minimum Gasteiger partial charge on any atom is -0.508 e. The van der Waals surface area contributed by atoms with E-state index in [4.69, 9.17) is 0 Å². The summed E-state index contributed by atoms with van der Waals surface area (Å²) in [6, 6.07) is 6.67. The highest BCUT2D eigenvalue weighted by atomic mass is 16.3. The largest absolute Gasteiger partial charge is 0.508 e. The molecule has 17 heavy (non-hydrogen) atoms. The number of carbonyl (C=O) groups excluding carboxylic acids is 1. The Labute approximate surface area is 101 Å². The van der Waals surface area contributed by atoms with Crippen LogP contribution < -0.4 is 5.32 Å². The smallest absolute Gasteiger partial charge is 0.253 e. The Bertz CT molecular complexity index is 383. The Kier molecular flexibility index (Phi) is 3.64. The van der Waals surface area contributed by atoms with Gasteiger partial charge in [0.15, 0.2) is 0 Å². The summed E-state index contributed by atoms with van der Waals surface area (Å²) in [6.07, 6.45) is 2.16. The highest BCUT2D eigenvalue weighted by molar-refractivity contribution is 5.94. The quantitative estimate of drug-likeness (QED) is 0.809. The average Bonchev–Trinajstić information content (AvgIpc) is 2.39. The zero-order valence-corrected chi connectivity index (χ0v) is 10.0. The molecule has 1 aliphatic heterocycles. The Morgan fingerprint density at radius 2 is 2.12 bits per heavy atom. The third-order valence-electron chi connectivity index (χ3n) is 3.25. The molecular weight excluding hydrogens is 216 g/mol. The number of benzene rings is 1. The minimum atomic E-state index is 0.0127. The van der Waals surface area contributed by atoms with Crippen LogP contribution in [0.25, 0.3) is 0 Å². The molecule has 4 nitrogen and oxygen atoms in total. The fourth-order valence-electron chi connectivity index (χ4n) is 2.14. The Balaban J connectivity index is 2.05. The van der Waals surface area contributed by atoms with Crippen LogP contribution in [-0.4, -0.2) is 42.1 Å². The molecule has 0 unspecified atom stereocenters. The second-order valence-electron chi connectivity index (χ2n) is 4.46. The third kappa shape index (κ3) is 2.77. The summed E-state index contributed by atoms with van der Waals surface area (Å²) in [7, 11) is 1.84. The first kappa shape index (κ1) is 11.9. The highest BCUT2D eigenvalue weighted by Crippen LogP contribution is 2.15. The van der Waals surface area contributed by atoms with Gasteiger partial charge in [0.05, 0.1) is 0 Å². The maximum Gasteiger partial charge on any atom is 0.253 e. The normalized spacial score (nSPS) is 19.9. The maximum atomic E-state index is 12.2. The van der Waals surface area contributed by atoms with Gasteiger partial charge in [0.1, 0.15) is 5.75 Å². The van der Waals surface area contributed by atoms with Gasteiger partial charge in [0.25, 0.3) is 5.91 Å². The van der Waals surface area contributed by atoms with E-state index in [1.54, 1.807) is 29.2 Å². The molecule has 4 heteroatoms. The highest BCUT2D eigenvalue weighted by Gasteiger charge is 2.22. The number of nitrogens with zero attached hydrogens (tertiary/aromatic N) is 1. The number of nitrogens with one attached hydrogen (secondary N) is 1. The van der Waals surface area contributed by atoms with Crippen LogP contribution in [0.2, 0.25) is 0 Å². The van der Waals surface area contributed by atoms with Gasteiger partial charge >= 0.3 is 0 Å². The van der Waals surface area contributed by atoms with Gasteiger partial charge in [-0.3, -0.25) is 4.79 Å². The number of hydrogen-bond acceptors (Lipinski definition) is 3. The van der Waals surface area contributed by atoms with Gasteiger partial charge in [-0.1, -0.05) is 0 Å². The molecule has 1 saturated heterocycles. The van der Waals surface area contributed by atoms with Crippen LogP contribution in [0.5, 0.6) is 5.75 Å². The average molecular weight is 234 g/mol. The molecule has 1 heterocycles. The van der Waals surface area contributed by atoms with Crippen molar-refractivity contribution in [2.45, 2.75) is 18.9 Å². The molecule has 1 aliphatic rings. The second kappa shape index (κ2) is 5.19. The van der Waals surface area contributed by atoms with E-state index in [9.17, 15) is 9.90 Å². The lowest BCUT2D eigenvalue weighted by Gasteiger charge is -2.31. The van der Waals surface area contributed by atoms with E-state index in [2.05, 4.69) is 5.32 Å². The van der Waals surface area contributed by atoms with Gasteiger partial charge < -0.3 is 15.3 Å². The molecule has 1 amide bonds. The van der Waals surface area contributed by atoms with Crippen LogP contribution in [0.1, 0.15) is 23.2 Å². The summed E-state index contributed by atoms with van der Waals surface area (Å²) in [5.74, 6) is 0.197. The zero-order valence-electron chi connectivity index (χ0n) is 10.0. The molecule has 0 saturated carbocycles. The lowest BCUT2D eigenvalue weighted by Crippen LogP contribution is -2.46. The van der Waals surface area contributed by atoms with Crippen LogP contribution >= 0.6 is 0 Å². The van der Waals surface area contributed by atoms with Crippen molar-refractivity contribution in [3.63, 3.8) is 0 Å². The van der Waals surface area contributed by atoms with Gasteiger partial charge in [-0.05, 0) is 43.7 Å². The number of aromatic hydroxyl groups is 1. The molecule has 1 aromatic carbocycles. The van der Waals surface area contributed by atoms with Crippen LogP contribution in [0.3, 0.4) is 0 Å². The molecule has 1 atom stereocenters. The van der Waals surface area contributed by atoms with Crippen molar-refractivity contribution in [3.05, 3.63) is 29.8 Å². The summed E-state index contributed by atoms with van der Waals surface area (Å²) < 4.78 is 0. The number of hydrogen-bond donors (Lipinski definition) is 2. The van der Waals surface area contributed by atoms with Crippen molar-refractivity contribution in [1.29, 1.82) is 0 Å². The Hall–Kier alpha value is -1.55. The predicted molar refractivity (Wildman–Crippen MR) is 66.1 cm³/mol. The summed E-state index contributed by atoms with van der Waals surface area (Å²) in [6.45, 7) is 1.90. The van der Waals surface area contributed by atoms with Crippen LogP contribution in [0, 0.1) is 0 Å². The summed E-state index contributed by atoms with van der Waals surface area (Å²) in [5, 5.41) is 12.5. The molecule has 0 aliphatic carbocycles. The lowest BCUT2D eigenvalue weighted by atomic mass is 10.1. The van der Waals surface area contributed by atoms with Crippen molar-refractivity contribution in [1.82, 2.24) is 10.2 Å². The van der Waals surface area contributed by atoms with E-state index in [1.807, 2.05) is 7.05 Å². The van der Waals surface area contributed by atoms with E-state index in [0.717, 1.165) is 25.9 Å². The molecule has 0 spiro atoms. The lowest BCUT2D eigenvalue weighted by molar-refractivity contribution is 0.0708. The Morgan fingerprint density at radius 3 is 2.71 bits per heavy atom. The van der Waals surface area contributed by atoms with E-state index in [1.165, 1.54) is 0 Å². The number of phenolic OH excluding ortho intramolecular Hbond substituents is 1. The molecule has 1 aromatic rings. The first-order chi connectivity index (χ1) is 8.18. The number of piperidine rings is 1. The first-order valence-corrected chi connectivity index (χ1v) is 5.95. The fourth-order valence-corrected chi connectivity index (χ4v) is 2.14. The van der Waals surface area contributed by atoms with Gasteiger partial charge in [-0.2, -0.15) is 0 Å². The summed E-state index contributed by atoms with van der Waals surface area (Å²) in [4.78, 5) is 14.0. The summed E-state index contributed by atoms with van der Waals surface area (Å²) in [5.41, 5.74) is 0.621. The molecule has 0 aromatic heterocycles. The van der Waals surface area contributed by atoms with Crippen molar-refractivity contribution < 1.29 is 9.90 Å². The molecule has 92 valence electrons. The molecule has 0 bridgehead atoms. The number of rotatable bonds is 2.